The van der Waals surface area contributed by atoms with Crippen molar-refractivity contribution in [3.8, 4) is 11.3 Å². The molecule has 1 aromatic carbocycles. The van der Waals surface area contributed by atoms with Gasteiger partial charge >= 0.3 is 12.0 Å². The minimum absolute atomic E-state index is 0.157. The first-order valence-electron chi connectivity index (χ1n) is 8.72. The average Bonchev–Trinajstić information content (AvgIpc) is 3.18. The van der Waals surface area contributed by atoms with Crippen molar-refractivity contribution in [2.24, 2.45) is 0 Å². The van der Waals surface area contributed by atoms with Crippen LogP contribution in [0.4, 0.5) is 4.79 Å². The normalized spacial score (nSPS) is 10.3. The van der Waals surface area contributed by atoms with Crippen LogP contribution in [0.1, 0.15) is 38.2 Å². The predicted octanol–water partition coefficient (Wildman–Crippen LogP) is 3.13. The number of nitrogens with zero attached hydrogens (tertiary/aromatic N) is 2. The lowest BCUT2D eigenvalue weighted by Gasteiger charge is -2.08. The standard InChI is InChI=1S/C18H24N4O3S/c1-2-25-17(23)6-4-3-5-11-19-18(24)20-12-14-7-9-15(10-8-14)16-13-26-22-21-16/h7-10,13H,2-6,11-12H2,1H3,(H2,19,20,24). The lowest BCUT2D eigenvalue weighted by atomic mass is 10.1. The smallest absolute Gasteiger partial charge is 0.315 e. The largest absolute Gasteiger partial charge is 0.466 e. The fourth-order valence-corrected chi connectivity index (χ4v) is 2.80. The first kappa shape index (κ1) is 19.8. The minimum atomic E-state index is -0.192. The molecule has 0 unspecified atom stereocenters. The molecule has 0 aliphatic heterocycles. The summed E-state index contributed by atoms with van der Waals surface area (Å²) in [5, 5.41) is 11.6. The molecule has 1 heterocycles. The molecule has 0 aliphatic carbocycles. The van der Waals surface area contributed by atoms with Crippen LogP contribution in [-0.2, 0) is 16.1 Å². The summed E-state index contributed by atoms with van der Waals surface area (Å²) in [6, 6.07) is 7.67. The van der Waals surface area contributed by atoms with Crippen molar-refractivity contribution in [2.75, 3.05) is 13.2 Å². The molecule has 0 fully saturated rings. The van der Waals surface area contributed by atoms with Gasteiger partial charge < -0.3 is 15.4 Å². The monoisotopic (exact) mass is 376 g/mol. The second kappa shape index (κ2) is 11.2. The molecule has 0 atom stereocenters. The van der Waals surface area contributed by atoms with E-state index >= 15 is 0 Å². The maximum absolute atomic E-state index is 11.8. The van der Waals surface area contributed by atoms with Gasteiger partial charge in [0.2, 0.25) is 0 Å². The molecule has 2 rings (SSSR count). The molecule has 26 heavy (non-hydrogen) atoms. The lowest BCUT2D eigenvalue weighted by molar-refractivity contribution is -0.143. The van der Waals surface area contributed by atoms with Crippen LogP contribution in [0.15, 0.2) is 29.6 Å². The Morgan fingerprint density at radius 3 is 2.62 bits per heavy atom. The van der Waals surface area contributed by atoms with Gasteiger partial charge in [-0.3, -0.25) is 4.79 Å². The zero-order valence-electron chi connectivity index (χ0n) is 14.9. The van der Waals surface area contributed by atoms with E-state index in [4.69, 9.17) is 4.74 Å². The van der Waals surface area contributed by atoms with Gasteiger partial charge in [0.1, 0.15) is 5.69 Å². The van der Waals surface area contributed by atoms with Crippen molar-refractivity contribution in [3.63, 3.8) is 0 Å². The van der Waals surface area contributed by atoms with Crippen LogP contribution in [0.2, 0.25) is 0 Å². The number of carbonyl (C=O) groups excluding carboxylic acids is 2. The highest BCUT2D eigenvalue weighted by molar-refractivity contribution is 7.03. The van der Waals surface area contributed by atoms with Gasteiger partial charge in [-0.25, -0.2) is 4.79 Å². The number of rotatable bonds is 10. The van der Waals surface area contributed by atoms with E-state index < -0.39 is 0 Å². The molecule has 0 spiro atoms. The van der Waals surface area contributed by atoms with Crippen molar-refractivity contribution < 1.29 is 14.3 Å². The maximum Gasteiger partial charge on any atom is 0.315 e. The van der Waals surface area contributed by atoms with Crippen LogP contribution in [0.5, 0.6) is 0 Å². The van der Waals surface area contributed by atoms with Crippen LogP contribution in [0.3, 0.4) is 0 Å². The van der Waals surface area contributed by atoms with Gasteiger partial charge in [-0.15, -0.1) is 5.10 Å². The van der Waals surface area contributed by atoms with Gasteiger partial charge in [0.15, 0.2) is 0 Å². The number of esters is 1. The molecule has 2 N–H and O–H groups in total. The first-order chi connectivity index (χ1) is 12.7. The molecular formula is C18H24N4O3S. The fourth-order valence-electron chi connectivity index (χ4n) is 2.33. The van der Waals surface area contributed by atoms with Crippen molar-refractivity contribution in [1.82, 2.24) is 20.2 Å². The summed E-state index contributed by atoms with van der Waals surface area (Å²) in [6.45, 7) is 3.27. The van der Waals surface area contributed by atoms with Crippen LogP contribution >= 0.6 is 11.5 Å². The van der Waals surface area contributed by atoms with Crippen LogP contribution in [-0.4, -0.2) is 34.7 Å². The highest BCUT2D eigenvalue weighted by atomic mass is 32.1. The summed E-state index contributed by atoms with van der Waals surface area (Å²) in [4.78, 5) is 23.0. The van der Waals surface area contributed by atoms with Crippen LogP contribution < -0.4 is 10.6 Å². The maximum atomic E-state index is 11.8. The van der Waals surface area contributed by atoms with Crippen LogP contribution in [0.25, 0.3) is 11.3 Å². The Hall–Kier alpha value is -2.48. The lowest BCUT2D eigenvalue weighted by Crippen LogP contribution is -2.35. The molecule has 2 amide bonds. The predicted molar refractivity (Wildman–Crippen MR) is 101 cm³/mol. The van der Waals surface area contributed by atoms with E-state index in [1.165, 1.54) is 11.5 Å². The quantitative estimate of drug-likeness (QED) is 0.491. The van der Waals surface area contributed by atoms with Gasteiger partial charge in [-0.2, -0.15) is 0 Å². The molecule has 0 bridgehead atoms. The number of benzene rings is 1. The Morgan fingerprint density at radius 2 is 1.92 bits per heavy atom. The highest BCUT2D eigenvalue weighted by Crippen LogP contribution is 2.17. The zero-order chi connectivity index (χ0) is 18.6. The third-order valence-corrected chi connectivity index (χ3v) is 4.22. The topological polar surface area (TPSA) is 93.2 Å². The van der Waals surface area contributed by atoms with E-state index in [1.807, 2.05) is 29.6 Å². The molecule has 0 saturated heterocycles. The fraction of sp³-hybridized carbons (Fsp3) is 0.444. The Kier molecular flexibility index (Phi) is 8.54. The first-order valence-corrected chi connectivity index (χ1v) is 9.56. The number of hydrogen-bond donors (Lipinski definition) is 2. The Labute approximate surface area is 157 Å². The van der Waals surface area contributed by atoms with E-state index in [0.717, 1.165) is 36.1 Å². The van der Waals surface area contributed by atoms with Gasteiger partial charge in [-0.05, 0) is 36.9 Å². The van der Waals surface area contributed by atoms with Crippen molar-refractivity contribution in [3.05, 3.63) is 35.2 Å². The molecule has 0 saturated carbocycles. The number of unbranched alkanes of at least 4 members (excludes halogenated alkanes) is 2. The third-order valence-electron chi connectivity index (χ3n) is 3.71. The molecule has 0 radical (unpaired) electrons. The summed E-state index contributed by atoms with van der Waals surface area (Å²) < 4.78 is 8.71. The number of urea groups is 1. The second-order valence-electron chi connectivity index (χ2n) is 5.71. The number of aromatic nitrogens is 2. The summed E-state index contributed by atoms with van der Waals surface area (Å²) >= 11 is 1.32. The molecule has 8 heteroatoms. The number of hydrogen-bond acceptors (Lipinski definition) is 6. The van der Waals surface area contributed by atoms with Gasteiger partial charge in [-0.1, -0.05) is 35.2 Å². The second-order valence-corrected chi connectivity index (χ2v) is 6.32. The number of nitrogens with one attached hydrogen (secondary N) is 2. The van der Waals surface area contributed by atoms with E-state index in [9.17, 15) is 9.59 Å². The van der Waals surface area contributed by atoms with Gasteiger partial charge in [0, 0.05) is 30.5 Å². The molecule has 0 aliphatic rings. The Bertz CT molecular complexity index is 674. The Balaban J connectivity index is 1.56. The number of ether oxygens (including phenoxy) is 1. The third kappa shape index (κ3) is 7.18. The minimum Gasteiger partial charge on any atom is -0.466 e. The van der Waals surface area contributed by atoms with Gasteiger partial charge in [0.25, 0.3) is 0 Å². The van der Waals surface area contributed by atoms with Gasteiger partial charge in [0.05, 0.1) is 6.61 Å². The molecular weight excluding hydrogens is 352 g/mol. The summed E-state index contributed by atoms with van der Waals surface area (Å²) in [5.74, 6) is -0.157. The molecule has 7 nitrogen and oxygen atoms in total. The Morgan fingerprint density at radius 1 is 1.12 bits per heavy atom. The number of amides is 2. The van der Waals surface area contributed by atoms with E-state index in [-0.39, 0.29) is 12.0 Å². The zero-order valence-corrected chi connectivity index (χ0v) is 15.7. The summed E-state index contributed by atoms with van der Waals surface area (Å²) in [5.41, 5.74) is 2.88. The average molecular weight is 376 g/mol. The number of carbonyl (C=O) groups is 2. The van der Waals surface area contributed by atoms with Crippen LogP contribution in [0, 0.1) is 0 Å². The van der Waals surface area contributed by atoms with E-state index in [1.54, 1.807) is 6.92 Å². The molecule has 1 aromatic heterocycles. The summed E-state index contributed by atoms with van der Waals surface area (Å²) in [7, 11) is 0. The van der Waals surface area contributed by atoms with E-state index in [0.29, 0.717) is 26.1 Å². The molecule has 2 aromatic rings. The van der Waals surface area contributed by atoms with Crippen molar-refractivity contribution >= 4 is 23.5 Å². The van der Waals surface area contributed by atoms with Crippen molar-refractivity contribution in [2.45, 2.75) is 39.2 Å². The van der Waals surface area contributed by atoms with Crippen molar-refractivity contribution in [1.29, 1.82) is 0 Å². The molecule has 140 valence electrons. The SMILES string of the molecule is CCOC(=O)CCCCCNC(=O)NCc1ccc(-c2csnn2)cc1. The van der Waals surface area contributed by atoms with E-state index in [2.05, 4.69) is 20.2 Å². The summed E-state index contributed by atoms with van der Waals surface area (Å²) in [6.07, 6.45) is 2.94. The highest BCUT2D eigenvalue weighted by Gasteiger charge is 2.04.